The smallest absolute Gasteiger partial charge is 0.128 e. The number of thioether (sulfide) groups is 1. The lowest BCUT2D eigenvalue weighted by Crippen LogP contribution is -2.30. The van der Waals surface area contributed by atoms with Crippen molar-refractivity contribution in [2.75, 3.05) is 11.5 Å². The highest BCUT2D eigenvalue weighted by Crippen LogP contribution is 2.28. The number of benzene rings is 1. The van der Waals surface area contributed by atoms with Crippen LogP contribution in [0.25, 0.3) is 0 Å². The Kier molecular flexibility index (Phi) is 5.19. The van der Waals surface area contributed by atoms with Crippen LogP contribution >= 0.6 is 23.4 Å². The second-order valence-corrected chi connectivity index (χ2v) is 5.64. The molecule has 1 atom stereocenters. The average molecular weight is 313 g/mol. The summed E-state index contributed by atoms with van der Waals surface area (Å²) in [5.74, 6) is 6.31. The van der Waals surface area contributed by atoms with Crippen LogP contribution < -0.4 is 17.0 Å². The lowest BCUT2D eigenvalue weighted by Gasteiger charge is -2.17. The minimum atomic E-state index is -0.258. The van der Waals surface area contributed by atoms with E-state index in [0.717, 1.165) is 10.5 Å². The standard InChI is InChI=1S/C13H14ClFN4S/c14-8-5-11(13(16)18-6-8)12(19-17)7-20-10-3-1-9(15)2-4-10/h1-6,12,19H,7,17H2,(H2,16,18). The Morgan fingerprint density at radius 1 is 1.35 bits per heavy atom. The van der Waals surface area contributed by atoms with Gasteiger partial charge in [0.25, 0.3) is 0 Å². The number of aromatic nitrogens is 1. The SMILES string of the molecule is NNC(CSc1ccc(F)cc1)c1cc(Cl)cnc1N. The van der Waals surface area contributed by atoms with Crippen molar-refractivity contribution >= 4 is 29.2 Å². The highest BCUT2D eigenvalue weighted by atomic mass is 35.5. The molecule has 1 aromatic heterocycles. The minimum Gasteiger partial charge on any atom is -0.383 e. The highest BCUT2D eigenvalue weighted by Gasteiger charge is 2.15. The summed E-state index contributed by atoms with van der Waals surface area (Å²) in [6.07, 6.45) is 1.49. The molecule has 0 bridgehead atoms. The largest absolute Gasteiger partial charge is 0.383 e. The first-order valence-electron chi connectivity index (χ1n) is 5.85. The summed E-state index contributed by atoms with van der Waals surface area (Å²) < 4.78 is 12.8. The van der Waals surface area contributed by atoms with Gasteiger partial charge in [-0.25, -0.2) is 9.37 Å². The summed E-state index contributed by atoms with van der Waals surface area (Å²) in [6.45, 7) is 0. The van der Waals surface area contributed by atoms with Gasteiger partial charge < -0.3 is 5.73 Å². The second-order valence-electron chi connectivity index (χ2n) is 4.11. The van der Waals surface area contributed by atoms with E-state index in [-0.39, 0.29) is 11.9 Å². The predicted molar refractivity (Wildman–Crippen MR) is 80.8 cm³/mol. The molecule has 0 aliphatic rings. The van der Waals surface area contributed by atoms with E-state index in [4.69, 9.17) is 23.2 Å². The molecule has 5 N–H and O–H groups in total. The maximum Gasteiger partial charge on any atom is 0.128 e. The molecule has 0 amide bonds. The van der Waals surface area contributed by atoms with Gasteiger partial charge in [0.15, 0.2) is 0 Å². The Morgan fingerprint density at radius 2 is 2.05 bits per heavy atom. The first kappa shape index (κ1) is 15.1. The Labute approximate surface area is 125 Å². The summed E-state index contributed by atoms with van der Waals surface area (Å²) >= 11 is 7.45. The van der Waals surface area contributed by atoms with E-state index < -0.39 is 0 Å². The van der Waals surface area contributed by atoms with Crippen molar-refractivity contribution in [1.82, 2.24) is 10.4 Å². The monoisotopic (exact) mass is 312 g/mol. The van der Waals surface area contributed by atoms with Crippen LogP contribution in [0.15, 0.2) is 41.4 Å². The van der Waals surface area contributed by atoms with Gasteiger partial charge in [0.1, 0.15) is 11.6 Å². The van der Waals surface area contributed by atoms with Gasteiger partial charge in [0.05, 0.1) is 11.1 Å². The van der Waals surface area contributed by atoms with Crippen molar-refractivity contribution in [3.63, 3.8) is 0 Å². The number of nitrogens with one attached hydrogen (secondary N) is 1. The van der Waals surface area contributed by atoms with Crippen LogP contribution in [0.1, 0.15) is 11.6 Å². The van der Waals surface area contributed by atoms with Crippen LogP contribution in [0, 0.1) is 5.82 Å². The van der Waals surface area contributed by atoms with Gasteiger partial charge in [-0.15, -0.1) is 11.8 Å². The first-order chi connectivity index (χ1) is 9.60. The summed E-state index contributed by atoms with van der Waals surface area (Å²) in [5, 5.41) is 0.501. The summed E-state index contributed by atoms with van der Waals surface area (Å²) in [6, 6.07) is 7.81. The van der Waals surface area contributed by atoms with E-state index >= 15 is 0 Å². The van der Waals surface area contributed by atoms with Gasteiger partial charge in [0.2, 0.25) is 0 Å². The lowest BCUT2D eigenvalue weighted by molar-refractivity contribution is 0.610. The Balaban J connectivity index is 2.09. The summed E-state index contributed by atoms with van der Waals surface area (Å²) in [5.41, 5.74) is 9.27. The molecule has 20 heavy (non-hydrogen) atoms. The normalized spacial score (nSPS) is 12.3. The van der Waals surface area contributed by atoms with Gasteiger partial charge in [-0.2, -0.15) is 0 Å². The molecule has 2 aromatic rings. The van der Waals surface area contributed by atoms with Crippen LogP contribution in [-0.2, 0) is 0 Å². The van der Waals surface area contributed by atoms with Crippen molar-refractivity contribution < 1.29 is 4.39 Å². The van der Waals surface area contributed by atoms with Crippen LogP contribution in [0.3, 0.4) is 0 Å². The van der Waals surface area contributed by atoms with E-state index in [1.165, 1.54) is 30.1 Å². The van der Waals surface area contributed by atoms with Crippen LogP contribution in [-0.4, -0.2) is 10.7 Å². The zero-order valence-corrected chi connectivity index (χ0v) is 12.1. The number of nitrogens with two attached hydrogens (primary N) is 2. The Morgan fingerprint density at radius 3 is 2.70 bits per heavy atom. The maximum absolute atomic E-state index is 12.8. The fourth-order valence-electron chi connectivity index (χ4n) is 1.68. The fourth-order valence-corrected chi connectivity index (χ4v) is 2.81. The zero-order chi connectivity index (χ0) is 14.5. The van der Waals surface area contributed by atoms with Crippen LogP contribution in [0.4, 0.5) is 10.2 Å². The van der Waals surface area contributed by atoms with Crippen LogP contribution in [0.5, 0.6) is 0 Å². The molecule has 0 aliphatic carbocycles. The van der Waals surface area contributed by atoms with Crippen molar-refractivity contribution in [2.45, 2.75) is 10.9 Å². The third-order valence-electron chi connectivity index (χ3n) is 2.72. The number of nitrogen functional groups attached to an aromatic ring is 1. The van der Waals surface area contributed by atoms with Gasteiger partial charge >= 0.3 is 0 Å². The molecular formula is C13H14ClFN4S. The first-order valence-corrected chi connectivity index (χ1v) is 7.22. The maximum atomic E-state index is 12.8. The minimum absolute atomic E-state index is 0.198. The quantitative estimate of drug-likeness (QED) is 0.449. The van der Waals surface area contributed by atoms with E-state index in [1.807, 2.05) is 0 Å². The highest BCUT2D eigenvalue weighted by molar-refractivity contribution is 7.99. The van der Waals surface area contributed by atoms with Gasteiger partial charge in [-0.3, -0.25) is 11.3 Å². The third kappa shape index (κ3) is 3.83. The van der Waals surface area contributed by atoms with Crippen molar-refractivity contribution in [2.24, 2.45) is 5.84 Å². The number of halogens is 2. The molecule has 7 heteroatoms. The van der Waals surface area contributed by atoms with E-state index in [1.54, 1.807) is 18.2 Å². The molecular weight excluding hydrogens is 299 g/mol. The number of hydrogen-bond acceptors (Lipinski definition) is 5. The van der Waals surface area contributed by atoms with Crippen molar-refractivity contribution in [1.29, 1.82) is 0 Å². The predicted octanol–water partition coefficient (Wildman–Crippen LogP) is 2.75. The number of pyridine rings is 1. The molecule has 0 spiro atoms. The number of rotatable bonds is 5. The number of hydrogen-bond donors (Lipinski definition) is 3. The molecule has 0 saturated carbocycles. The lowest BCUT2D eigenvalue weighted by atomic mass is 10.1. The number of anilines is 1. The van der Waals surface area contributed by atoms with Gasteiger partial charge in [-0.05, 0) is 30.3 Å². The molecule has 0 radical (unpaired) electrons. The Hall–Kier alpha value is -1.34. The fraction of sp³-hybridized carbons (Fsp3) is 0.154. The van der Waals surface area contributed by atoms with Gasteiger partial charge in [-0.1, -0.05) is 11.6 Å². The number of nitrogens with zero attached hydrogens (tertiary/aromatic N) is 1. The van der Waals surface area contributed by atoms with E-state index in [2.05, 4.69) is 10.4 Å². The molecule has 106 valence electrons. The molecule has 0 aliphatic heterocycles. The summed E-state index contributed by atoms with van der Waals surface area (Å²) in [4.78, 5) is 4.95. The van der Waals surface area contributed by atoms with Crippen molar-refractivity contribution in [3.8, 4) is 0 Å². The third-order valence-corrected chi connectivity index (χ3v) is 4.04. The summed E-state index contributed by atoms with van der Waals surface area (Å²) in [7, 11) is 0. The second kappa shape index (κ2) is 6.90. The molecule has 1 unspecified atom stereocenters. The molecule has 4 nitrogen and oxygen atoms in total. The number of hydrazine groups is 1. The zero-order valence-electron chi connectivity index (χ0n) is 10.5. The van der Waals surface area contributed by atoms with Gasteiger partial charge in [0, 0.05) is 22.4 Å². The van der Waals surface area contributed by atoms with Crippen LogP contribution in [0.2, 0.25) is 5.02 Å². The van der Waals surface area contributed by atoms with E-state index in [0.29, 0.717) is 16.6 Å². The molecule has 1 aromatic carbocycles. The topological polar surface area (TPSA) is 77.0 Å². The van der Waals surface area contributed by atoms with E-state index in [9.17, 15) is 4.39 Å². The molecule has 0 saturated heterocycles. The van der Waals surface area contributed by atoms with Crippen molar-refractivity contribution in [3.05, 3.63) is 52.9 Å². The molecule has 0 fully saturated rings. The Bertz CT molecular complexity index is 579. The molecule has 1 heterocycles. The molecule has 2 rings (SSSR count). The average Bonchev–Trinajstić information content (AvgIpc) is 2.45.